The molecule has 1 atom stereocenters. The standard InChI is InChI=1S/C26H43NO5/c1-5-6-7-8-9-10-11-12-13-14-19-27(25(31)32-26(2,3)4)23(24(29)30)20-21-15-17-22(28)18-16-21/h15-18,23,28H,5-14,19-20H2,1-4H3,(H,29,30)/t23-/m0/s1. The van der Waals surface area contributed by atoms with Crippen LogP contribution in [-0.4, -0.2) is 45.4 Å². The maximum atomic E-state index is 12.8. The van der Waals surface area contributed by atoms with Crippen molar-refractivity contribution in [1.29, 1.82) is 0 Å². The highest BCUT2D eigenvalue weighted by Crippen LogP contribution is 2.19. The minimum atomic E-state index is -1.06. The van der Waals surface area contributed by atoms with Crippen molar-refractivity contribution in [3.05, 3.63) is 29.8 Å². The topological polar surface area (TPSA) is 87.1 Å². The lowest BCUT2D eigenvalue weighted by atomic mass is 10.0. The zero-order valence-corrected chi connectivity index (χ0v) is 20.4. The number of carbonyl (C=O) groups is 2. The Labute approximate surface area is 194 Å². The first-order valence-corrected chi connectivity index (χ1v) is 12.1. The van der Waals surface area contributed by atoms with Gasteiger partial charge in [-0.05, 0) is 44.9 Å². The lowest BCUT2D eigenvalue weighted by Gasteiger charge is -2.31. The van der Waals surface area contributed by atoms with Crippen molar-refractivity contribution < 1.29 is 24.5 Å². The number of carbonyl (C=O) groups excluding carboxylic acids is 1. The molecule has 0 aliphatic rings. The van der Waals surface area contributed by atoms with Gasteiger partial charge in [-0.25, -0.2) is 9.59 Å². The summed E-state index contributed by atoms with van der Waals surface area (Å²) in [7, 11) is 0. The molecule has 0 saturated carbocycles. The summed E-state index contributed by atoms with van der Waals surface area (Å²) in [6, 6.07) is 5.38. The largest absolute Gasteiger partial charge is 0.508 e. The first-order valence-electron chi connectivity index (χ1n) is 12.1. The van der Waals surface area contributed by atoms with E-state index in [0.717, 1.165) is 24.8 Å². The molecule has 0 spiro atoms. The van der Waals surface area contributed by atoms with Gasteiger partial charge in [0, 0.05) is 13.0 Å². The fraction of sp³-hybridized carbons (Fsp3) is 0.692. The molecule has 0 fully saturated rings. The van der Waals surface area contributed by atoms with E-state index < -0.39 is 23.7 Å². The maximum Gasteiger partial charge on any atom is 0.411 e. The van der Waals surface area contributed by atoms with Gasteiger partial charge in [0.25, 0.3) is 0 Å². The van der Waals surface area contributed by atoms with Crippen LogP contribution in [0, 0.1) is 0 Å². The Morgan fingerprint density at radius 1 is 0.906 bits per heavy atom. The molecule has 182 valence electrons. The number of carboxylic acids is 1. The Morgan fingerprint density at radius 2 is 1.41 bits per heavy atom. The Balaban J connectivity index is 2.65. The highest BCUT2D eigenvalue weighted by molar-refractivity contribution is 5.80. The lowest BCUT2D eigenvalue weighted by Crippen LogP contribution is -2.48. The third-order valence-electron chi connectivity index (χ3n) is 5.41. The number of carboxylic acid groups (broad SMARTS) is 1. The van der Waals surface area contributed by atoms with E-state index in [1.54, 1.807) is 32.9 Å². The first-order chi connectivity index (χ1) is 15.1. The molecule has 0 aliphatic carbocycles. The number of unbranched alkanes of at least 4 members (excludes halogenated alkanes) is 9. The third kappa shape index (κ3) is 12.0. The van der Waals surface area contributed by atoms with E-state index >= 15 is 0 Å². The normalized spacial score (nSPS) is 12.4. The predicted molar refractivity (Wildman–Crippen MR) is 128 cm³/mol. The van der Waals surface area contributed by atoms with Crippen molar-refractivity contribution in [2.24, 2.45) is 0 Å². The number of aromatic hydroxyl groups is 1. The molecule has 1 aromatic rings. The zero-order valence-electron chi connectivity index (χ0n) is 20.4. The fourth-order valence-corrected chi connectivity index (χ4v) is 3.65. The van der Waals surface area contributed by atoms with Crippen LogP contribution in [0.15, 0.2) is 24.3 Å². The van der Waals surface area contributed by atoms with E-state index in [4.69, 9.17) is 4.74 Å². The Hall–Kier alpha value is -2.24. The number of rotatable bonds is 15. The number of phenolic OH excluding ortho intramolecular Hbond substituents is 1. The number of phenols is 1. The fourth-order valence-electron chi connectivity index (χ4n) is 3.65. The van der Waals surface area contributed by atoms with Crippen LogP contribution in [0.2, 0.25) is 0 Å². The molecule has 2 N–H and O–H groups in total. The van der Waals surface area contributed by atoms with Crippen molar-refractivity contribution in [2.45, 2.75) is 110 Å². The van der Waals surface area contributed by atoms with E-state index in [-0.39, 0.29) is 12.2 Å². The average molecular weight is 450 g/mol. The molecule has 0 unspecified atom stereocenters. The van der Waals surface area contributed by atoms with Crippen LogP contribution in [-0.2, 0) is 16.0 Å². The number of benzene rings is 1. The van der Waals surface area contributed by atoms with Gasteiger partial charge < -0.3 is 14.9 Å². The number of aliphatic carboxylic acids is 1. The number of ether oxygens (including phenoxy) is 1. The molecule has 6 heteroatoms. The summed E-state index contributed by atoms with van der Waals surface area (Å²) in [5, 5.41) is 19.4. The van der Waals surface area contributed by atoms with Gasteiger partial charge in [-0.1, -0.05) is 76.8 Å². The Morgan fingerprint density at radius 3 is 1.88 bits per heavy atom. The van der Waals surface area contributed by atoms with E-state index in [0.29, 0.717) is 6.54 Å². The van der Waals surface area contributed by atoms with E-state index in [1.807, 2.05) is 0 Å². The van der Waals surface area contributed by atoms with Crippen molar-refractivity contribution in [3.63, 3.8) is 0 Å². The minimum absolute atomic E-state index is 0.120. The maximum absolute atomic E-state index is 12.8. The second-order valence-corrected chi connectivity index (χ2v) is 9.58. The summed E-state index contributed by atoms with van der Waals surface area (Å²) in [6.45, 7) is 7.90. The van der Waals surface area contributed by atoms with Crippen LogP contribution >= 0.6 is 0 Å². The van der Waals surface area contributed by atoms with Crippen molar-refractivity contribution in [1.82, 2.24) is 4.90 Å². The molecular weight excluding hydrogens is 406 g/mol. The van der Waals surface area contributed by atoms with Gasteiger partial charge in [0.15, 0.2) is 0 Å². The van der Waals surface area contributed by atoms with Crippen LogP contribution in [0.4, 0.5) is 4.79 Å². The number of nitrogens with zero attached hydrogens (tertiary/aromatic N) is 1. The van der Waals surface area contributed by atoms with E-state index in [2.05, 4.69) is 6.92 Å². The SMILES string of the molecule is CCCCCCCCCCCCN(C(=O)OC(C)(C)C)[C@@H](Cc1ccc(O)cc1)C(=O)O. The molecule has 0 heterocycles. The van der Waals surface area contributed by atoms with Crippen LogP contribution in [0.1, 0.15) is 97.5 Å². The lowest BCUT2D eigenvalue weighted by molar-refractivity contribution is -0.143. The van der Waals surface area contributed by atoms with Crippen LogP contribution in [0.3, 0.4) is 0 Å². The second kappa shape index (κ2) is 14.8. The Kier molecular flexibility index (Phi) is 12.8. The first kappa shape index (κ1) is 27.8. The molecule has 0 radical (unpaired) electrons. The van der Waals surface area contributed by atoms with Gasteiger partial charge in [0.05, 0.1) is 0 Å². The molecule has 1 amide bonds. The average Bonchev–Trinajstić information content (AvgIpc) is 2.70. The molecule has 0 aliphatic heterocycles. The quantitative estimate of drug-likeness (QED) is 0.297. The van der Waals surface area contributed by atoms with Gasteiger partial charge >= 0.3 is 12.1 Å². The molecule has 0 bridgehead atoms. The summed E-state index contributed by atoms with van der Waals surface area (Å²) < 4.78 is 5.51. The van der Waals surface area contributed by atoms with Crippen molar-refractivity contribution in [2.75, 3.05) is 6.54 Å². The van der Waals surface area contributed by atoms with Crippen LogP contribution in [0.25, 0.3) is 0 Å². The summed E-state index contributed by atoms with van der Waals surface area (Å²) in [5.74, 6) is -0.939. The van der Waals surface area contributed by atoms with Gasteiger partial charge in [0.1, 0.15) is 17.4 Å². The Bertz CT molecular complexity index is 666. The smallest absolute Gasteiger partial charge is 0.411 e. The molecule has 1 rings (SSSR count). The molecule has 0 aromatic heterocycles. The summed E-state index contributed by atoms with van der Waals surface area (Å²) >= 11 is 0. The van der Waals surface area contributed by atoms with Gasteiger partial charge in [0.2, 0.25) is 0 Å². The highest BCUT2D eigenvalue weighted by Gasteiger charge is 2.32. The monoisotopic (exact) mass is 449 g/mol. The molecule has 6 nitrogen and oxygen atoms in total. The van der Waals surface area contributed by atoms with Gasteiger partial charge in [-0.3, -0.25) is 4.90 Å². The molecule has 0 saturated heterocycles. The van der Waals surface area contributed by atoms with Crippen molar-refractivity contribution >= 4 is 12.1 Å². The number of hydrogen-bond donors (Lipinski definition) is 2. The van der Waals surface area contributed by atoms with Gasteiger partial charge in [-0.15, -0.1) is 0 Å². The summed E-state index contributed by atoms with van der Waals surface area (Å²) in [4.78, 5) is 26.3. The van der Waals surface area contributed by atoms with Crippen molar-refractivity contribution in [3.8, 4) is 5.75 Å². The third-order valence-corrected chi connectivity index (χ3v) is 5.41. The molecule has 32 heavy (non-hydrogen) atoms. The van der Waals surface area contributed by atoms with E-state index in [1.165, 1.54) is 62.0 Å². The molecule has 1 aromatic carbocycles. The summed E-state index contributed by atoms with van der Waals surface area (Å²) in [5.41, 5.74) is 0.0427. The number of amides is 1. The zero-order chi connectivity index (χ0) is 24.0. The van der Waals surface area contributed by atoms with Crippen LogP contribution in [0.5, 0.6) is 5.75 Å². The number of hydrogen-bond acceptors (Lipinski definition) is 4. The minimum Gasteiger partial charge on any atom is -0.508 e. The second-order valence-electron chi connectivity index (χ2n) is 9.58. The van der Waals surface area contributed by atoms with E-state index in [9.17, 15) is 19.8 Å². The highest BCUT2D eigenvalue weighted by atomic mass is 16.6. The predicted octanol–water partition coefficient (Wildman–Crippen LogP) is 6.55. The molecular formula is C26H43NO5. The van der Waals surface area contributed by atoms with Gasteiger partial charge in [-0.2, -0.15) is 0 Å². The summed E-state index contributed by atoms with van der Waals surface area (Å²) in [6.07, 6.45) is 11.2. The van der Waals surface area contributed by atoms with Crippen LogP contribution < -0.4 is 0 Å².